The fraction of sp³-hybridized carbons (Fsp3) is 0.765. The minimum absolute atomic E-state index is 0.196. The van der Waals surface area contributed by atoms with E-state index in [1.54, 1.807) is 0 Å². The smallest absolute Gasteiger partial charge is 0.0348 e. The first-order valence-electron chi connectivity index (χ1n) is 8.44. The molecule has 1 aromatic rings. The third-order valence-corrected chi connectivity index (χ3v) is 5.77. The quantitative estimate of drug-likeness (QED) is 0.840. The Morgan fingerprint density at radius 1 is 1.33 bits per heavy atom. The van der Waals surface area contributed by atoms with Gasteiger partial charge >= 0.3 is 0 Å². The van der Waals surface area contributed by atoms with Crippen molar-refractivity contribution >= 4 is 11.3 Å². The number of rotatable bonds is 7. The van der Waals surface area contributed by atoms with Crippen LogP contribution in [0.15, 0.2) is 17.5 Å². The molecule has 0 amide bonds. The maximum absolute atomic E-state index is 6.28. The van der Waals surface area contributed by atoms with Gasteiger partial charge < -0.3 is 10.6 Å². The summed E-state index contributed by atoms with van der Waals surface area (Å²) in [6.07, 6.45) is 4.98. The lowest BCUT2D eigenvalue weighted by Gasteiger charge is -2.42. The number of hydrogen-bond donors (Lipinski definition) is 1. The zero-order chi connectivity index (χ0) is 15.1. The molecule has 1 saturated heterocycles. The summed E-state index contributed by atoms with van der Waals surface area (Å²) in [5.41, 5.74) is 6.47. The largest absolute Gasteiger partial charge is 0.329 e. The van der Waals surface area contributed by atoms with Gasteiger partial charge in [0.25, 0.3) is 0 Å². The molecule has 3 nitrogen and oxygen atoms in total. The highest BCUT2D eigenvalue weighted by Crippen LogP contribution is 2.30. The molecule has 1 unspecified atom stereocenters. The van der Waals surface area contributed by atoms with E-state index in [4.69, 9.17) is 5.73 Å². The van der Waals surface area contributed by atoms with Crippen LogP contribution in [0.1, 0.15) is 44.4 Å². The van der Waals surface area contributed by atoms with Gasteiger partial charge in [0.15, 0.2) is 0 Å². The molecule has 2 N–H and O–H groups in total. The molecular formula is C17H31N3S. The van der Waals surface area contributed by atoms with Gasteiger partial charge in [0.1, 0.15) is 0 Å². The highest BCUT2D eigenvalue weighted by molar-refractivity contribution is 7.09. The monoisotopic (exact) mass is 309 g/mol. The molecular weight excluding hydrogens is 278 g/mol. The lowest BCUT2D eigenvalue weighted by Crippen LogP contribution is -2.53. The first-order valence-corrected chi connectivity index (χ1v) is 9.32. The Hall–Kier alpha value is -0.420. The van der Waals surface area contributed by atoms with E-state index in [1.807, 2.05) is 11.3 Å². The summed E-state index contributed by atoms with van der Waals surface area (Å²) in [6, 6.07) is 4.40. The summed E-state index contributed by atoms with van der Waals surface area (Å²) in [6.45, 7) is 11.2. The first-order chi connectivity index (χ1) is 10.2. The zero-order valence-corrected chi connectivity index (χ0v) is 14.5. The van der Waals surface area contributed by atoms with E-state index in [2.05, 4.69) is 41.2 Å². The van der Waals surface area contributed by atoms with Crippen molar-refractivity contribution in [1.29, 1.82) is 0 Å². The SMILES string of the molecule is CCCN1CCCC(CN)(N(CC)Cc2cccs2)CC1. The first kappa shape index (κ1) is 16.9. The van der Waals surface area contributed by atoms with Crippen molar-refractivity contribution in [3.05, 3.63) is 22.4 Å². The molecule has 21 heavy (non-hydrogen) atoms. The van der Waals surface area contributed by atoms with Gasteiger partial charge in [0.2, 0.25) is 0 Å². The highest BCUT2D eigenvalue weighted by atomic mass is 32.1. The molecule has 2 heterocycles. The van der Waals surface area contributed by atoms with E-state index >= 15 is 0 Å². The average molecular weight is 310 g/mol. The number of likely N-dealkylation sites (tertiary alicyclic amines) is 1. The second-order valence-corrected chi connectivity index (χ2v) is 7.25. The molecule has 4 heteroatoms. The molecule has 0 aliphatic carbocycles. The Kier molecular flexibility index (Phi) is 6.68. The predicted octanol–water partition coefficient (Wildman–Crippen LogP) is 3.16. The van der Waals surface area contributed by atoms with Crippen molar-refractivity contribution in [2.45, 2.75) is 51.6 Å². The molecule has 0 aromatic carbocycles. The van der Waals surface area contributed by atoms with Crippen molar-refractivity contribution < 1.29 is 0 Å². The number of nitrogens with two attached hydrogens (primary N) is 1. The van der Waals surface area contributed by atoms with Gasteiger partial charge in [-0.3, -0.25) is 4.90 Å². The molecule has 0 spiro atoms. The standard InChI is InChI=1S/C17H31N3S/c1-3-10-19-11-6-8-17(15-18,9-12-19)20(4-2)14-16-7-5-13-21-16/h5,7,13H,3-4,6,8-12,14-15,18H2,1-2H3. The van der Waals surface area contributed by atoms with Gasteiger partial charge in [0.05, 0.1) is 0 Å². The van der Waals surface area contributed by atoms with Crippen LogP contribution < -0.4 is 5.73 Å². The van der Waals surface area contributed by atoms with Crippen LogP contribution in [0.5, 0.6) is 0 Å². The normalized spacial score (nSPS) is 24.4. The van der Waals surface area contributed by atoms with E-state index in [0.717, 1.165) is 19.6 Å². The van der Waals surface area contributed by atoms with Crippen LogP contribution in [0.2, 0.25) is 0 Å². The third kappa shape index (κ3) is 4.28. The van der Waals surface area contributed by atoms with Crippen molar-refractivity contribution in [2.75, 3.05) is 32.7 Å². The third-order valence-electron chi connectivity index (χ3n) is 4.91. The Balaban J connectivity index is 2.07. The van der Waals surface area contributed by atoms with Gasteiger partial charge in [-0.1, -0.05) is 19.9 Å². The molecule has 2 rings (SSSR count). The molecule has 1 aliphatic rings. The molecule has 0 bridgehead atoms. The van der Waals surface area contributed by atoms with Crippen molar-refractivity contribution in [3.8, 4) is 0 Å². The van der Waals surface area contributed by atoms with E-state index < -0.39 is 0 Å². The average Bonchev–Trinajstić information content (AvgIpc) is 2.93. The lowest BCUT2D eigenvalue weighted by atomic mass is 9.88. The molecule has 120 valence electrons. The maximum atomic E-state index is 6.28. The molecule has 0 saturated carbocycles. The van der Waals surface area contributed by atoms with E-state index in [-0.39, 0.29) is 5.54 Å². The molecule has 0 radical (unpaired) electrons. The van der Waals surface area contributed by atoms with Crippen molar-refractivity contribution in [1.82, 2.24) is 9.80 Å². The highest BCUT2D eigenvalue weighted by Gasteiger charge is 2.36. The lowest BCUT2D eigenvalue weighted by molar-refractivity contribution is 0.0765. The van der Waals surface area contributed by atoms with Crippen LogP contribution in [0, 0.1) is 0 Å². The van der Waals surface area contributed by atoms with Gasteiger partial charge in [0, 0.05) is 23.5 Å². The summed E-state index contributed by atoms with van der Waals surface area (Å²) < 4.78 is 0. The van der Waals surface area contributed by atoms with Crippen molar-refractivity contribution in [2.24, 2.45) is 5.73 Å². The fourth-order valence-electron chi connectivity index (χ4n) is 3.63. The summed E-state index contributed by atoms with van der Waals surface area (Å²) in [5, 5.41) is 2.17. The second kappa shape index (κ2) is 8.28. The minimum atomic E-state index is 0.196. The van der Waals surface area contributed by atoms with Crippen LogP contribution in [-0.4, -0.2) is 48.1 Å². The zero-order valence-electron chi connectivity index (χ0n) is 13.7. The van der Waals surface area contributed by atoms with Gasteiger partial charge in [-0.15, -0.1) is 11.3 Å². The number of hydrogen-bond acceptors (Lipinski definition) is 4. The minimum Gasteiger partial charge on any atom is -0.329 e. The summed E-state index contributed by atoms with van der Waals surface area (Å²) in [7, 11) is 0. The summed E-state index contributed by atoms with van der Waals surface area (Å²) in [4.78, 5) is 6.71. The number of likely N-dealkylation sites (N-methyl/N-ethyl adjacent to an activating group) is 1. The van der Waals surface area contributed by atoms with E-state index in [9.17, 15) is 0 Å². The maximum Gasteiger partial charge on any atom is 0.0348 e. The Morgan fingerprint density at radius 2 is 2.19 bits per heavy atom. The summed E-state index contributed by atoms with van der Waals surface area (Å²) in [5.74, 6) is 0. The number of nitrogens with zero attached hydrogens (tertiary/aromatic N) is 2. The topological polar surface area (TPSA) is 32.5 Å². The second-order valence-electron chi connectivity index (χ2n) is 6.22. The van der Waals surface area contributed by atoms with E-state index in [1.165, 1.54) is 50.2 Å². The fourth-order valence-corrected chi connectivity index (χ4v) is 4.35. The van der Waals surface area contributed by atoms with Crippen LogP contribution in [-0.2, 0) is 6.54 Å². The Bertz CT molecular complexity index is 393. The molecule has 1 aromatic heterocycles. The van der Waals surface area contributed by atoms with Crippen LogP contribution in [0.3, 0.4) is 0 Å². The molecule has 1 atom stereocenters. The van der Waals surface area contributed by atoms with E-state index in [0.29, 0.717) is 0 Å². The van der Waals surface area contributed by atoms with Gasteiger partial charge in [-0.05, 0) is 63.3 Å². The van der Waals surface area contributed by atoms with Crippen LogP contribution in [0.25, 0.3) is 0 Å². The van der Waals surface area contributed by atoms with Gasteiger partial charge in [-0.25, -0.2) is 0 Å². The van der Waals surface area contributed by atoms with Crippen LogP contribution in [0.4, 0.5) is 0 Å². The van der Waals surface area contributed by atoms with Crippen molar-refractivity contribution in [3.63, 3.8) is 0 Å². The van der Waals surface area contributed by atoms with Gasteiger partial charge in [-0.2, -0.15) is 0 Å². The Morgan fingerprint density at radius 3 is 2.81 bits per heavy atom. The predicted molar refractivity (Wildman–Crippen MR) is 92.8 cm³/mol. The Labute approximate surface area is 134 Å². The number of thiophene rings is 1. The van der Waals surface area contributed by atoms with Crippen LogP contribution >= 0.6 is 11.3 Å². The summed E-state index contributed by atoms with van der Waals surface area (Å²) >= 11 is 1.86. The molecule has 1 fully saturated rings. The molecule has 1 aliphatic heterocycles.